The van der Waals surface area contributed by atoms with Crippen molar-refractivity contribution in [3.05, 3.63) is 29.1 Å². The fraction of sp³-hybridized carbons (Fsp3) is 0.571. The van der Waals surface area contributed by atoms with Crippen molar-refractivity contribution >= 4 is 10.1 Å². The Bertz CT molecular complexity index is 717. The van der Waals surface area contributed by atoms with E-state index in [1.54, 1.807) is 0 Å². The summed E-state index contributed by atoms with van der Waals surface area (Å²) >= 11 is 0. The summed E-state index contributed by atoms with van der Waals surface area (Å²) in [5.41, 5.74) is -4.58. The lowest BCUT2D eigenvalue weighted by atomic mass is 9.86. The Morgan fingerprint density at radius 1 is 1.17 bits per heavy atom. The van der Waals surface area contributed by atoms with Gasteiger partial charge in [0.05, 0.1) is 0 Å². The van der Waals surface area contributed by atoms with Crippen LogP contribution in [0.4, 0.5) is 17.6 Å². The monoisotopic (exact) mass is 353 g/mol. The van der Waals surface area contributed by atoms with E-state index in [0.29, 0.717) is 24.1 Å². The molecule has 0 N–H and O–H groups in total. The lowest BCUT2D eigenvalue weighted by molar-refractivity contribution is -0.0500. The summed E-state index contributed by atoms with van der Waals surface area (Å²) in [4.78, 5) is 2.15. The molecule has 1 aromatic carbocycles. The molecule has 2 aliphatic heterocycles. The number of nitrogens with zero attached hydrogens (tertiary/aromatic N) is 1. The first-order chi connectivity index (χ1) is 10.7. The van der Waals surface area contributed by atoms with Crippen molar-refractivity contribution in [2.24, 2.45) is 0 Å². The third kappa shape index (κ3) is 3.03. The van der Waals surface area contributed by atoms with Gasteiger partial charge in [-0.2, -0.15) is 21.6 Å². The molecule has 23 heavy (non-hydrogen) atoms. The van der Waals surface area contributed by atoms with E-state index in [-0.39, 0.29) is 6.04 Å². The maximum absolute atomic E-state index is 14.4. The van der Waals surface area contributed by atoms with Crippen LogP contribution in [0, 0.1) is 5.82 Å². The third-order valence-corrected chi connectivity index (χ3v) is 5.27. The van der Waals surface area contributed by atoms with Crippen LogP contribution in [0.5, 0.6) is 5.75 Å². The van der Waals surface area contributed by atoms with Crippen molar-refractivity contribution in [2.45, 2.75) is 37.2 Å². The number of alkyl halides is 3. The van der Waals surface area contributed by atoms with Crippen LogP contribution in [0.3, 0.4) is 0 Å². The number of halogens is 4. The minimum atomic E-state index is -5.79. The third-order valence-electron chi connectivity index (χ3n) is 4.29. The summed E-state index contributed by atoms with van der Waals surface area (Å²) in [6, 6.07) is 1.83. The maximum atomic E-state index is 14.4. The van der Waals surface area contributed by atoms with Crippen LogP contribution in [0.25, 0.3) is 0 Å². The van der Waals surface area contributed by atoms with Gasteiger partial charge in [0.25, 0.3) is 0 Å². The van der Waals surface area contributed by atoms with Gasteiger partial charge in [-0.3, -0.25) is 4.90 Å². The second-order valence-electron chi connectivity index (χ2n) is 5.76. The van der Waals surface area contributed by atoms with E-state index in [2.05, 4.69) is 9.08 Å². The molecule has 3 rings (SSSR count). The lowest BCUT2D eigenvalue weighted by Gasteiger charge is -2.40. The summed E-state index contributed by atoms with van der Waals surface area (Å²) in [7, 11) is -5.79. The van der Waals surface area contributed by atoms with Crippen LogP contribution >= 0.6 is 0 Å². The zero-order valence-electron chi connectivity index (χ0n) is 12.1. The molecule has 0 radical (unpaired) electrons. The molecule has 0 amide bonds. The average Bonchev–Trinajstić information content (AvgIpc) is 2.45. The molecule has 0 saturated carbocycles. The summed E-state index contributed by atoms with van der Waals surface area (Å²) in [6.07, 6.45) is 3.23. The van der Waals surface area contributed by atoms with Crippen molar-refractivity contribution in [2.75, 3.05) is 13.1 Å². The predicted molar refractivity (Wildman–Crippen MR) is 73.9 cm³/mol. The second kappa shape index (κ2) is 5.62. The Morgan fingerprint density at radius 2 is 1.91 bits per heavy atom. The number of fused-ring (bicyclic) bond motifs is 3. The number of benzene rings is 1. The Kier molecular flexibility index (Phi) is 4.04. The van der Waals surface area contributed by atoms with Gasteiger partial charge in [-0.05, 0) is 37.4 Å². The number of rotatable bonds is 2. The van der Waals surface area contributed by atoms with Gasteiger partial charge >= 0.3 is 15.6 Å². The first-order valence-corrected chi connectivity index (χ1v) is 8.67. The van der Waals surface area contributed by atoms with Crippen molar-refractivity contribution in [1.82, 2.24) is 4.90 Å². The molecule has 2 aliphatic rings. The number of hydrogen-bond donors (Lipinski definition) is 0. The SMILES string of the molecule is O=S(=O)(Oc1cc(F)c2c(c1)CCN1CCCCC21)C(F)(F)F. The van der Waals surface area contributed by atoms with Gasteiger partial charge in [-0.1, -0.05) is 6.42 Å². The van der Waals surface area contributed by atoms with Gasteiger partial charge in [-0.25, -0.2) is 4.39 Å². The molecule has 1 aromatic rings. The summed E-state index contributed by atoms with van der Waals surface area (Å²) in [5, 5.41) is 0. The van der Waals surface area contributed by atoms with Crippen LogP contribution in [-0.2, 0) is 16.5 Å². The van der Waals surface area contributed by atoms with Crippen LogP contribution in [-0.4, -0.2) is 31.9 Å². The minimum Gasteiger partial charge on any atom is -0.376 e. The molecule has 1 unspecified atom stereocenters. The molecule has 1 fully saturated rings. The zero-order chi connectivity index (χ0) is 16.8. The normalized spacial score (nSPS) is 22.3. The van der Waals surface area contributed by atoms with Crippen molar-refractivity contribution in [3.8, 4) is 5.75 Å². The van der Waals surface area contributed by atoms with E-state index in [0.717, 1.165) is 31.9 Å². The smallest absolute Gasteiger partial charge is 0.376 e. The Morgan fingerprint density at radius 3 is 2.61 bits per heavy atom. The van der Waals surface area contributed by atoms with Gasteiger partial charge in [-0.15, -0.1) is 0 Å². The largest absolute Gasteiger partial charge is 0.534 e. The maximum Gasteiger partial charge on any atom is 0.534 e. The van der Waals surface area contributed by atoms with E-state index in [9.17, 15) is 26.0 Å². The highest BCUT2D eigenvalue weighted by atomic mass is 32.2. The minimum absolute atomic E-state index is 0.0965. The molecule has 4 nitrogen and oxygen atoms in total. The Balaban J connectivity index is 1.94. The van der Waals surface area contributed by atoms with Crippen molar-refractivity contribution < 1.29 is 30.2 Å². The highest BCUT2D eigenvalue weighted by Gasteiger charge is 2.48. The molecular weight excluding hydrogens is 338 g/mol. The first kappa shape index (κ1) is 16.5. The molecule has 0 aromatic heterocycles. The van der Waals surface area contributed by atoms with Gasteiger partial charge in [0.2, 0.25) is 0 Å². The zero-order valence-corrected chi connectivity index (χ0v) is 12.9. The molecule has 2 heterocycles. The van der Waals surface area contributed by atoms with Crippen LogP contribution in [0.1, 0.15) is 36.4 Å². The van der Waals surface area contributed by atoms with E-state index < -0.39 is 27.2 Å². The Labute approximate surface area is 131 Å². The molecule has 0 bridgehead atoms. The molecule has 1 saturated heterocycles. The highest BCUT2D eigenvalue weighted by molar-refractivity contribution is 7.88. The topological polar surface area (TPSA) is 46.6 Å². The van der Waals surface area contributed by atoms with Gasteiger partial charge in [0, 0.05) is 24.2 Å². The first-order valence-electron chi connectivity index (χ1n) is 7.26. The summed E-state index contributed by atoms with van der Waals surface area (Å²) < 4.78 is 77.6. The molecule has 9 heteroatoms. The number of hydrogen-bond acceptors (Lipinski definition) is 4. The second-order valence-corrected chi connectivity index (χ2v) is 7.30. The van der Waals surface area contributed by atoms with Gasteiger partial charge in [0.1, 0.15) is 11.6 Å². The molecule has 1 atom stereocenters. The number of piperidine rings is 1. The average molecular weight is 353 g/mol. The lowest BCUT2D eigenvalue weighted by Crippen LogP contribution is -2.39. The molecule has 0 spiro atoms. The van der Waals surface area contributed by atoms with Crippen LogP contribution < -0.4 is 4.18 Å². The summed E-state index contributed by atoms with van der Waals surface area (Å²) in [6.45, 7) is 1.54. The molecule has 128 valence electrons. The molecular formula is C14H15F4NO3S. The molecule has 0 aliphatic carbocycles. The van der Waals surface area contributed by atoms with E-state index in [4.69, 9.17) is 0 Å². The van der Waals surface area contributed by atoms with Gasteiger partial charge in [0.15, 0.2) is 0 Å². The highest BCUT2D eigenvalue weighted by Crippen LogP contribution is 2.40. The van der Waals surface area contributed by atoms with Crippen LogP contribution in [0.2, 0.25) is 0 Å². The van der Waals surface area contributed by atoms with E-state index in [1.165, 1.54) is 6.07 Å². The predicted octanol–water partition coefficient (Wildman–Crippen LogP) is 3.14. The van der Waals surface area contributed by atoms with Crippen molar-refractivity contribution in [3.63, 3.8) is 0 Å². The quantitative estimate of drug-likeness (QED) is 0.466. The van der Waals surface area contributed by atoms with Crippen molar-refractivity contribution in [1.29, 1.82) is 0 Å². The Hall–Kier alpha value is -1.35. The fourth-order valence-electron chi connectivity index (χ4n) is 3.30. The van der Waals surface area contributed by atoms with Gasteiger partial charge < -0.3 is 4.18 Å². The standard InChI is InChI=1S/C14H15F4NO3S/c15-11-8-10(22-23(20,21)14(16,17)18)7-9-4-6-19-5-2-1-3-12(19)13(9)11/h7-8,12H,1-6H2. The van der Waals surface area contributed by atoms with E-state index in [1.807, 2.05) is 0 Å². The fourth-order valence-corrected chi connectivity index (χ4v) is 3.74. The summed E-state index contributed by atoms with van der Waals surface area (Å²) in [5.74, 6) is -1.35. The van der Waals surface area contributed by atoms with Crippen LogP contribution in [0.15, 0.2) is 12.1 Å². The van der Waals surface area contributed by atoms with E-state index >= 15 is 0 Å².